The van der Waals surface area contributed by atoms with E-state index in [-0.39, 0.29) is 5.54 Å². The molecule has 1 aliphatic heterocycles. The molecule has 0 saturated carbocycles. The first-order valence-electron chi connectivity index (χ1n) is 5.44. The molecule has 1 heterocycles. The van der Waals surface area contributed by atoms with Gasteiger partial charge in [0.2, 0.25) is 0 Å². The maximum atomic E-state index is 6.44. The van der Waals surface area contributed by atoms with E-state index >= 15 is 0 Å². The molecule has 0 aromatic heterocycles. The number of nitrogens with two attached hydrogens (primary N) is 1. The summed E-state index contributed by atoms with van der Waals surface area (Å²) in [6.45, 7) is 2.03. The first-order valence-corrected chi connectivity index (χ1v) is 6.19. The van der Waals surface area contributed by atoms with E-state index in [0.29, 0.717) is 10.0 Å². The Hall–Kier alpha value is -0.280. The highest BCUT2D eigenvalue weighted by Gasteiger charge is 2.31. The van der Waals surface area contributed by atoms with Crippen LogP contribution in [0.1, 0.15) is 18.4 Å². The van der Waals surface area contributed by atoms with Crippen LogP contribution in [0.5, 0.6) is 0 Å². The zero-order chi connectivity index (χ0) is 11.8. The van der Waals surface area contributed by atoms with Crippen LogP contribution in [0, 0.1) is 0 Å². The molecule has 0 atom stereocenters. The van der Waals surface area contributed by atoms with Gasteiger partial charge < -0.3 is 10.6 Å². The van der Waals surface area contributed by atoms with Crippen molar-refractivity contribution in [2.75, 3.05) is 20.1 Å². The Morgan fingerprint density at radius 1 is 1.12 bits per heavy atom. The Kier molecular flexibility index (Phi) is 3.45. The van der Waals surface area contributed by atoms with E-state index in [9.17, 15) is 0 Å². The van der Waals surface area contributed by atoms with E-state index in [4.69, 9.17) is 28.9 Å². The molecule has 4 heteroatoms. The third-order valence-electron chi connectivity index (χ3n) is 3.32. The first-order chi connectivity index (χ1) is 7.49. The molecule has 1 fully saturated rings. The highest BCUT2D eigenvalue weighted by Crippen LogP contribution is 2.33. The lowest BCUT2D eigenvalue weighted by Crippen LogP contribution is -2.46. The predicted octanol–water partition coefficient (Wildman–Crippen LogP) is 2.87. The van der Waals surface area contributed by atoms with Crippen molar-refractivity contribution in [2.45, 2.75) is 18.4 Å². The number of halogens is 2. The third kappa shape index (κ3) is 2.51. The van der Waals surface area contributed by atoms with Gasteiger partial charge in [0, 0.05) is 15.6 Å². The monoisotopic (exact) mass is 258 g/mol. The summed E-state index contributed by atoms with van der Waals surface area (Å²) >= 11 is 12.0. The van der Waals surface area contributed by atoms with Crippen LogP contribution >= 0.6 is 23.2 Å². The molecule has 0 amide bonds. The first kappa shape index (κ1) is 12.2. The minimum atomic E-state index is -0.277. The van der Waals surface area contributed by atoms with Crippen LogP contribution in [0.25, 0.3) is 0 Å². The molecule has 1 aromatic carbocycles. The zero-order valence-corrected chi connectivity index (χ0v) is 10.9. The van der Waals surface area contributed by atoms with Crippen molar-refractivity contribution < 1.29 is 0 Å². The molecule has 2 N–H and O–H groups in total. The molecule has 2 nitrogen and oxygen atoms in total. The van der Waals surface area contributed by atoms with Gasteiger partial charge in [0.1, 0.15) is 0 Å². The van der Waals surface area contributed by atoms with Gasteiger partial charge >= 0.3 is 0 Å². The van der Waals surface area contributed by atoms with E-state index in [2.05, 4.69) is 11.9 Å². The predicted molar refractivity (Wildman–Crippen MR) is 69.1 cm³/mol. The highest BCUT2D eigenvalue weighted by atomic mass is 35.5. The van der Waals surface area contributed by atoms with Gasteiger partial charge in [-0.25, -0.2) is 0 Å². The summed E-state index contributed by atoms with van der Waals surface area (Å²) in [6.07, 6.45) is 1.89. The van der Waals surface area contributed by atoms with Crippen molar-refractivity contribution in [3.63, 3.8) is 0 Å². The van der Waals surface area contributed by atoms with Gasteiger partial charge in [-0.3, -0.25) is 0 Å². The molecule has 0 unspecified atom stereocenters. The minimum Gasteiger partial charge on any atom is -0.321 e. The Morgan fingerprint density at radius 2 is 1.62 bits per heavy atom. The zero-order valence-electron chi connectivity index (χ0n) is 9.34. The van der Waals surface area contributed by atoms with Gasteiger partial charge in [0.25, 0.3) is 0 Å². The lowest BCUT2D eigenvalue weighted by atomic mass is 9.82. The maximum Gasteiger partial charge on any atom is 0.0435 e. The second-order valence-electron chi connectivity index (χ2n) is 4.62. The van der Waals surface area contributed by atoms with E-state index in [0.717, 1.165) is 31.5 Å². The van der Waals surface area contributed by atoms with Gasteiger partial charge in [0.15, 0.2) is 0 Å². The van der Waals surface area contributed by atoms with Crippen molar-refractivity contribution in [3.8, 4) is 0 Å². The van der Waals surface area contributed by atoms with E-state index < -0.39 is 0 Å². The molecular formula is C12H16Cl2N2. The average Bonchev–Trinajstić information content (AvgIpc) is 2.21. The molecule has 88 valence electrons. The Balaban J connectivity index is 2.28. The Labute approximate surface area is 106 Å². The molecule has 1 saturated heterocycles. The minimum absolute atomic E-state index is 0.277. The highest BCUT2D eigenvalue weighted by molar-refractivity contribution is 6.34. The third-order valence-corrected chi connectivity index (χ3v) is 3.75. The van der Waals surface area contributed by atoms with Crippen molar-refractivity contribution in [1.82, 2.24) is 4.90 Å². The molecule has 1 aromatic rings. The van der Waals surface area contributed by atoms with E-state index in [1.165, 1.54) is 0 Å². The Bertz CT molecular complexity index is 364. The summed E-state index contributed by atoms with van der Waals surface area (Å²) in [5, 5.41) is 1.32. The SMILES string of the molecule is CN1CCC(N)(c2cc(Cl)cc(Cl)c2)CC1. The van der Waals surface area contributed by atoms with Crippen molar-refractivity contribution in [1.29, 1.82) is 0 Å². The van der Waals surface area contributed by atoms with Crippen LogP contribution in [0.3, 0.4) is 0 Å². The lowest BCUT2D eigenvalue weighted by molar-refractivity contribution is 0.191. The summed E-state index contributed by atoms with van der Waals surface area (Å²) in [7, 11) is 2.12. The summed E-state index contributed by atoms with van der Waals surface area (Å²) in [5.74, 6) is 0. The molecule has 0 aliphatic carbocycles. The van der Waals surface area contributed by atoms with Crippen molar-refractivity contribution in [3.05, 3.63) is 33.8 Å². The standard InChI is InChI=1S/C12H16Cl2N2/c1-16-4-2-12(15,3-5-16)9-6-10(13)8-11(14)7-9/h6-8H,2-5,15H2,1H3. The molecule has 1 aliphatic rings. The topological polar surface area (TPSA) is 29.3 Å². The molecule has 0 radical (unpaired) electrons. The summed E-state index contributed by atoms with van der Waals surface area (Å²) < 4.78 is 0. The van der Waals surface area contributed by atoms with Gasteiger partial charge in [-0.05, 0) is 56.7 Å². The fourth-order valence-corrected chi connectivity index (χ4v) is 2.67. The van der Waals surface area contributed by atoms with Crippen LogP contribution in [-0.4, -0.2) is 25.0 Å². The number of hydrogen-bond acceptors (Lipinski definition) is 2. The smallest absolute Gasteiger partial charge is 0.0435 e. The van der Waals surface area contributed by atoms with Gasteiger partial charge in [-0.1, -0.05) is 23.2 Å². The number of benzene rings is 1. The normalized spacial score (nSPS) is 21.0. The maximum absolute atomic E-state index is 6.44. The second kappa shape index (κ2) is 4.53. The van der Waals surface area contributed by atoms with Crippen LogP contribution < -0.4 is 5.73 Å². The van der Waals surface area contributed by atoms with E-state index in [1.54, 1.807) is 6.07 Å². The number of likely N-dealkylation sites (tertiary alicyclic amines) is 1. The van der Waals surface area contributed by atoms with E-state index in [1.807, 2.05) is 12.1 Å². The molecule has 0 bridgehead atoms. The average molecular weight is 259 g/mol. The van der Waals surface area contributed by atoms with Crippen LogP contribution in [0.15, 0.2) is 18.2 Å². The van der Waals surface area contributed by atoms with Crippen LogP contribution in [0.2, 0.25) is 10.0 Å². The Morgan fingerprint density at radius 3 is 2.12 bits per heavy atom. The van der Waals surface area contributed by atoms with Crippen molar-refractivity contribution >= 4 is 23.2 Å². The molecule has 0 spiro atoms. The molecular weight excluding hydrogens is 243 g/mol. The van der Waals surface area contributed by atoms with Crippen molar-refractivity contribution in [2.24, 2.45) is 5.73 Å². The fraction of sp³-hybridized carbons (Fsp3) is 0.500. The largest absolute Gasteiger partial charge is 0.321 e. The number of piperidine rings is 1. The summed E-state index contributed by atoms with van der Waals surface area (Å²) in [4.78, 5) is 2.29. The van der Waals surface area contributed by atoms with Crippen LogP contribution in [-0.2, 0) is 5.54 Å². The number of rotatable bonds is 1. The fourth-order valence-electron chi connectivity index (χ4n) is 2.15. The number of nitrogens with zero attached hydrogens (tertiary/aromatic N) is 1. The van der Waals surface area contributed by atoms with Gasteiger partial charge in [0.05, 0.1) is 0 Å². The lowest BCUT2D eigenvalue weighted by Gasteiger charge is -2.38. The van der Waals surface area contributed by atoms with Gasteiger partial charge in [-0.15, -0.1) is 0 Å². The number of hydrogen-bond donors (Lipinski definition) is 1. The quantitative estimate of drug-likeness (QED) is 0.840. The summed E-state index contributed by atoms with van der Waals surface area (Å²) in [5.41, 5.74) is 7.21. The van der Waals surface area contributed by atoms with Gasteiger partial charge in [-0.2, -0.15) is 0 Å². The van der Waals surface area contributed by atoms with Crippen LogP contribution in [0.4, 0.5) is 0 Å². The molecule has 2 rings (SSSR count). The molecule has 16 heavy (non-hydrogen) atoms. The second-order valence-corrected chi connectivity index (χ2v) is 5.49. The summed E-state index contributed by atoms with van der Waals surface area (Å²) in [6, 6.07) is 5.60.